The van der Waals surface area contributed by atoms with Crippen molar-refractivity contribution in [3.05, 3.63) is 59.7 Å². The van der Waals surface area contributed by atoms with Crippen molar-refractivity contribution in [2.45, 2.75) is 0 Å². The molecule has 1 amide bonds. The highest BCUT2D eigenvalue weighted by molar-refractivity contribution is 5.96. The number of anilines is 1. The molecular formula is C21H21NO7. The molecule has 0 bridgehead atoms. The van der Waals surface area contributed by atoms with E-state index in [9.17, 15) is 14.4 Å². The Labute approximate surface area is 168 Å². The summed E-state index contributed by atoms with van der Waals surface area (Å²) in [5, 5.41) is 2.54. The van der Waals surface area contributed by atoms with Crippen molar-refractivity contribution in [1.82, 2.24) is 0 Å². The number of benzene rings is 2. The third-order valence-corrected chi connectivity index (χ3v) is 3.73. The zero-order valence-corrected chi connectivity index (χ0v) is 16.3. The first-order chi connectivity index (χ1) is 14.0. The van der Waals surface area contributed by atoms with Gasteiger partial charge in [0.2, 0.25) is 0 Å². The number of esters is 2. The zero-order chi connectivity index (χ0) is 21.2. The quantitative estimate of drug-likeness (QED) is 0.538. The lowest BCUT2D eigenvalue weighted by atomic mass is 10.2. The summed E-state index contributed by atoms with van der Waals surface area (Å²) in [6, 6.07) is 11.4. The molecule has 2 rings (SSSR count). The summed E-state index contributed by atoms with van der Waals surface area (Å²) >= 11 is 0. The maximum absolute atomic E-state index is 11.9. The molecule has 8 nitrogen and oxygen atoms in total. The molecular weight excluding hydrogens is 378 g/mol. The predicted octanol–water partition coefficient (Wildman–Crippen LogP) is 2.69. The molecule has 1 N–H and O–H groups in total. The molecule has 0 heterocycles. The summed E-state index contributed by atoms with van der Waals surface area (Å²) in [6.07, 6.45) is 2.73. The van der Waals surface area contributed by atoms with Crippen LogP contribution in [-0.2, 0) is 19.1 Å². The van der Waals surface area contributed by atoms with Gasteiger partial charge in [-0.3, -0.25) is 4.79 Å². The first kappa shape index (κ1) is 21.5. The van der Waals surface area contributed by atoms with E-state index in [1.807, 2.05) is 0 Å². The lowest BCUT2D eigenvalue weighted by molar-refractivity contribution is -0.142. The Morgan fingerprint density at radius 3 is 2.41 bits per heavy atom. The SMILES string of the molecule is COC(=O)c1cccc(NC(=O)COC(=O)/C=C/c2ccc(OC)c(OC)c2)c1. The summed E-state index contributed by atoms with van der Waals surface area (Å²) in [6.45, 7) is -0.475. The third kappa shape index (κ3) is 6.39. The normalized spacial score (nSPS) is 10.3. The molecule has 2 aromatic carbocycles. The summed E-state index contributed by atoms with van der Waals surface area (Å²) in [5.74, 6) is -0.650. The average molecular weight is 399 g/mol. The van der Waals surface area contributed by atoms with Crippen LogP contribution in [0.15, 0.2) is 48.5 Å². The fourth-order valence-corrected chi connectivity index (χ4v) is 2.34. The van der Waals surface area contributed by atoms with E-state index < -0.39 is 24.5 Å². The molecule has 152 valence electrons. The van der Waals surface area contributed by atoms with Gasteiger partial charge < -0.3 is 24.3 Å². The maximum Gasteiger partial charge on any atom is 0.337 e. The van der Waals surface area contributed by atoms with Gasteiger partial charge in [0.25, 0.3) is 5.91 Å². The summed E-state index contributed by atoms with van der Waals surface area (Å²) < 4.78 is 19.9. The first-order valence-electron chi connectivity index (χ1n) is 8.52. The van der Waals surface area contributed by atoms with Gasteiger partial charge in [0.1, 0.15) is 0 Å². The second-order valence-electron chi connectivity index (χ2n) is 5.68. The van der Waals surface area contributed by atoms with Crippen molar-refractivity contribution >= 4 is 29.6 Å². The first-order valence-corrected chi connectivity index (χ1v) is 8.52. The average Bonchev–Trinajstić information content (AvgIpc) is 2.75. The molecule has 0 saturated carbocycles. The number of nitrogens with one attached hydrogen (secondary N) is 1. The second-order valence-corrected chi connectivity index (χ2v) is 5.68. The highest BCUT2D eigenvalue weighted by atomic mass is 16.5. The molecule has 0 aliphatic heterocycles. The number of carbonyl (C=O) groups excluding carboxylic acids is 3. The Hall–Kier alpha value is -3.81. The minimum atomic E-state index is -0.682. The van der Waals surface area contributed by atoms with E-state index in [1.165, 1.54) is 39.5 Å². The highest BCUT2D eigenvalue weighted by Crippen LogP contribution is 2.27. The molecule has 8 heteroatoms. The van der Waals surface area contributed by atoms with E-state index in [0.717, 1.165) is 0 Å². The lowest BCUT2D eigenvalue weighted by Gasteiger charge is -2.08. The summed E-state index contributed by atoms with van der Waals surface area (Å²) in [7, 11) is 4.31. The number of ether oxygens (including phenoxy) is 4. The Morgan fingerprint density at radius 2 is 1.72 bits per heavy atom. The number of hydrogen-bond donors (Lipinski definition) is 1. The van der Waals surface area contributed by atoms with Gasteiger partial charge in [-0.05, 0) is 42.0 Å². The van der Waals surface area contributed by atoms with Crippen molar-refractivity contribution < 1.29 is 33.3 Å². The number of rotatable bonds is 8. The largest absolute Gasteiger partial charge is 0.493 e. The molecule has 0 aliphatic rings. The van der Waals surface area contributed by atoms with Crippen LogP contribution in [0.5, 0.6) is 11.5 Å². The molecule has 0 unspecified atom stereocenters. The van der Waals surface area contributed by atoms with Crippen LogP contribution in [0.3, 0.4) is 0 Å². The Morgan fingerprint density at radius 1 is 0.966 bits per heavy atom. The van der Waals surface area contributed by atoms with E-state index in [2.05, 4.69) is 10.1 Å². The smallest absolute Gasteiger partial charge is 0.337 e. The van der Waals surface area contributed by atoms with Gasteiger partial charge in [0.05, 0.1) is 26.9 Å². The number of amides is 1. The molecule has 2 aromatic rings. The van der Waals surface area contributed by atoms with Crippen LogP contribution in [0.25, 0.3) is 6.08 Å². The van der Waals surface area contributed by atoms with Crippen LogP contribution in [0, 0.1) is 0 Å². The van der Waals surface area contributed by atoms with Gasteiger partial charge in [-0.25, -0.2) is 9.59 Å². The predicted molar refractivity (Wildman–Crippen MR) is 106 cm³/mol. The van der Waals surface area contributed by atoms with Crippen molar-refractivity contribution in [1.29, 1.82) is 0 Å². The van der Waals surface area contributed by atoms with Crippen LogP contribution >= 0.6 is 0 Å². The van der Waals surface area contributed by atoms with Crippen molar-refractivity contribution in [3.8, 4) is 11.5 Å². The zero-order valence-electron chi connectivity index (χ0n) is 16.3. The van der Waals surface area contributed by atoms with Crippen LogP contribution in [0.1, 0.15) is 15.9 Å². The van der Waals surface area contributed by atoms with Crippen molar-refractivity contribution in [2.75, 3.05) is 33.3 Å². The topological polar surface area (TPSA) is 100 Å². The van der Waals surface area contributed by atoms with Gasteiger partial charge in [0.15, 0.2) is 18.1 Å². The van der Waals surface area contributed by atoms with Gasteiger partial charge >= 0.3 is 11.9 Å². The standard InChI is InChI=1S/C21H21NO7/c1-26-17-9-7-14(11-18(17)27-2)8-10-20(24)29-13-19(23)22-16-6-4-5-15(12-16)21(25)28-3/h4-12H,13H2,1-3H3,(H,22,23)/b10-8+. The van der Waals surface area contributed by atoms with Crippen LogP contribution in [0.2, 0.25) is 0 Å². The molecule has 29 heavy (non-hydrogen) atoms. The fourth-order valence-electron chi connectivity index (χ4n) is 2.34. The molecule has 0 aliphatic carbocycles. The van der Waals surface area contributed by atoms with Gasteiger partial charge in [0, 0.05) is 11.8 Å². The van der Waals surface area contributed by atoms with Crippen LogP contribution in [0.4, 0.5) is 5.69 Å². The number of carbonyl (C=O) groups is 3. The Balaban J connectivity index is 1.88. The van der Waals surface area contributed by atoms with E-state index >= 15 is 0 Å². The number of hydrogen-bond acceptors (Lipinski definition) is 7. The van der Waals surface area contributed by atoms with E-state index in [-0.39, 0.29) is 0 Å². The van der Waals surface area contributed by atoms with Gasteiger partial charge in [-0.1, -0.05) is 12.1 Å². The molecule has 0 fully saturated rings. The highest BCUT2D eigenvalue weighted by Gasteiger charge is 2.09. The minimum absolute atomic E-state index is 0.292. The minimum Gasteiger partial charge on any atom is -0.493 e. The van der Waals surface area contributed by atoms with Crippen LogP contribution < -0.4 is 14.8 Å². The lowest BCUT2D eigenvalue weighted by Crippen LogP contribution is -2.20. The van der Waals surface area contributed by atoms with E-state index in [4.69, 9.17) is 14.2 Å². The number of methoxy groups -OCH3 is 3. The molecule has 0 aromatic heterocycles. The molecule has 0 atom stereocenters. The maximum atomic E-state index is 11.9. The fraction of sp³-hybridized carbons (Fsp3) is 0.190. The summed E-state index contributed by atoms with van der Waals surface area (Å²) in [4.78, 5) is 35.3. The Bertz CT molecular complexity index is 921. The Kier molecular flexibility index (Phi) is 7.78. The van der Waals surface area contributed by atoms with Crippen LogP contribution in [-0.4, -0.2) is 45.8 Å². The summed E-state index contributed by atoms with van der Waals surface area (Å²) in [5.41, 5.74) is 1.37. The molecule has 0 radical (unpaired) electrons. The second kappa shape index (κ2) is 10.5. The van der Waals surface area contributed by atoms with Crippen molar-refractivity contribution in [2.24, 2.45) is 0 Å². The van der Waals surface area contributed by atoms with E-state index in [1.54, 1.807) is 36.4 Å². The van der Waals surface area contributed by atoms with Gasteiger partial charge in [-0.15, -0.1) is 0 Å². The molecule has 0 spiro atoms. The van der Waals surface area contributed by atoms with Crippen molar-refractivity contribution in [3.63, 3.8) is 0 Å². The van der Waals surface area contributed by atoms with E-state index in [0.29, 0.717) is 28.3 Å². The van der Waals surface area contributed by atoms with Gasteiger partial charge in [-0.2, -0.15) is 0 Å². The molecule has 0 saturated heterocycles. The third-order valence-electron chi connectivity index (χ3n) is 3.73. The monoisotopic (exact) mass is 399 g/mol.